The molecular formula is C35H36N6O5. The zero-order valence-electron chi connectivity index (χ0n) is 26.0. The topological polar surface area (TPSA) is 148 Å². The fourth-order valence-electron chi connectivity index (χ4n) is 6.08. The van der Waals surface area contributed by atoms with Crippen LogP contribution < -0.4 is 26.1 Å². The number of likely N-dealkylation sites (tertiary alicyclic amines) is 1. The molecule has 0 aliphatic carbocycles. The van der Waals surface area contributed by atoms with Gasteiger partial charge in [0.1, 0.15) is 11.3 Å². The Morgan fingerprint density at radius 2 is 1.74 bits per heavy atom. The van der Waals surface area contributed by atoms with Crippen LogP contribution in [0.3, 0.4) is 0 Å². The van der Waals surface area contributed by atoms with Gasteiger partial charge in [0.2, 0.25) is 5.43 Å². The number of carbonyl (C=O) groups excluding carboxylic acids is 3. The van der Waals surface area contributed by atoms with Crippen LogP contribution in [0.4, 0.5) is 11.4 Å². The van der Waals surface area contributed by atoms with Crippen molar-refractivity contribution >= 4 is 40.7 Å². The highest BCUT2D eigenvalue weighted by atomic mass is 16.5. The van der Waals surface area contributed by atoms with Gasteiger partial charge in [-0.25, -0.2) is 0 Å². The molecular weight excluding hydrogens is 584 g/mol. The van der Waals surface area contributed by atoms with Crippen LogP contribution in [0.15, 0.2) is 59.7 Å². The molecule has 4 heterocycles. The molecule has 4 aromatic rings. The van der Waals surface area contributed by atoms with E-state index in [-0.39, 0.29) is 17.4 Å². The molecule has 11 heteroatoms. The van der Waals surface area contributed by atoms with Crippen molar-refractivity contribution in [2.24, 2.45) is 0 Å². The molecule has 0 radical (unpaired) electrons. The second-order valence-electron chi connectivity index (χ2n) is 11.5. The highest BCUT2D eigenvalue weighted by Gasteiger charge is 2.26. The number of rotatable bonds is 9. The lowest BCUT2D eigenvalue weighted by Gasteiger charge is -2.14. The van der Waals surface area contributed by atoms with Gasteiger partial charge in [0, 0.05) is 53.7 Å². The fraction of sp³-hybridized carbons (Fsp3) is 0.257. The maximum atomic E-state index is 13.2. The maximum Gasteiger partial charge on any atom is 0.261 e. The summed E-state index contributed by atoms with van der Waals surface area (Å²) in [6, 6.07) is 12.1. The number of benzene rings is 2. The predicted molar refractivity (Wildman–Crippen MR) is 178 cm³/mol. The van der Waals surface area contributed by atoms with Crippen LogP contribution in [0.2, 0.25) is 0 Å². The standard InChI is InChI=1S/C35H36N6O5/c1-20-29(38-21(2)31(20)35(45)37-12-15-41-13-4-5-14-41)17-26-25-11-8-23(16-30(25)40-33(26)43)39-34(44)28-19-36-18-27(32(28)42)22-6-9-24(46-3)10-7-22/h6-11,16-19,38H,4-5,12-15H2,1-3H3,(H,36,42)(H,37,45)(H,39,44)(H,40,43)/b26-17-. The van der Waals surface area contributed by atoms with Crippen molar-refractivity contribution in [3.63, 3.8) is 0 Å². The molecule has 236 valence electrons. The van der Waals surface area contributed by atoms with Crippen LogP contribution in [0.5, 0.6) is 5.75 Å². The van der Waals surface area contributed by atoms with Gasteiger partial charge in [0.15, 0.2) is 0 Å². The van der Waals surface area contributed by atoms with Crippen LogP contribution >= 0.6 is 0 Å². The van der Waals surface area contributed by atoms with Gasteiger partial charge in [-0.1, -0.05) is 18.2 Å². The van der Waals surface area contributed by atoms with Gasteiger partial charge >= 0.3 is 0 Å². The molecule has 11 nitrogen and oxygen atoms in total. The van der Waals surface area contributed by atoms with Crippen molar-refractivity contribution < 1.29 is 19.1 Å². The van der Waals surface area contributed by atoms with E-state index >= 15 is 0 Å². The summed E-state index contributed by atoms with van der Waals surface area (Å²) in [7, 11) is 1.56. The van der Waals surface area contributed by atoms with Gasteiger partial charge in [-0.2, -0.15) is 0 Å². The number of methoxy groups -OCH3 is 1. The van der Waals surface area contributed by atoms with E-state index in [0.29, 0.717) is 57.2 Å². The summed E-state index contributed by atoms with van der Waals surface area (Å²) in [5, 5.41) is 8.66. The summed E-state index contributed by atoms with van der Waals surface area (Å²) >= 11 is 0. The van der Waals surface area contributed by atoms with Gasteiger partial charge < -0.3 is 35.6 Å². The third kappa shape index (κ3) is 6.09. The predicted octanol–water partition coefficient (Wildman–Crippen LogP) is 4.57. The number of ether oxygens (including phenoxy) is 1. The minimum Gasteiger partial charge on any atom is -0.497 e. The van der Waals surface area contributed by atoms with E-state index in [1.54, 1.807) is 61.8 Å². The van der Waals surface area contributed by atoms with E-state index in [2.05, 4.69) is 30.8 Å². The number of amides is 3. The van der Waals surface area contributed by atoms with Crippen molar-refractivity contribution in [2.75, 3.05) is 43.9 Å². The SMILES string of the molecule is COc1ccc(-c2c[nH]cc(C(=O)Nc3ccc4c(c3)NC(=O)/C4=C\c3[nH]c(C)c(C(=O)NCCN4CCCC4)c3C)c2=O)cc1. The molecule has 0 atom stereocenters. The lowest BCUT2D eigenvalue weighted by atomic mass is 10.0. The molecule has 5 N–H and O–H groups in total. The Morgan fingerprint density at radius 3 is 2.48 bits per heavy atom. The monoisotopic (exact) mass is 620 g/mol. The van der Waals surface area contributed by atoms with Crippen molar-refractivity contribution in [3.8, 4) is 16.9 Å². The molecule has 46 heavy (non-hydrogen) atoms. The Labute approximate surface area is 266 Å². The number of aryl methyl sites for hydroxylation is 1. The first kappa shape index (κ1) is 30.6. The molecule has 1 saturated heterocycles. The minimum absolute atomic E-state index is 0.0492. The van der Waals surface area contributed by atoms with E-state index < -0.39 is 11.3 Å². The molecule has 2 aliphatic rings. The molecule has 3 amide bonds. The first-order valence-electron chi connectivity index (χ1n) is 15.3. The number of nitrogens with zero attached hydrogens (tertiary/aromatic N) is 1. The van der Waals surface area contributed by atoms with Gasteiger partial charge in [-0.15, -0.1) is 0 Å². The van der Waals surface area contributed by atoms with Gasteiger partial charge in [0.25, 0.3) is 17.7 Å². The molecule has 2 aliphatic heterocycles. The van der Waals surface area contributed by atoms with Gasteiger partial charge in [-0.3, -0.25) is 19.2 Å². The van der Waals surface area contributed by atoms with E-state index in [9.17, 15) is 19.2 Å². The van der Waals surface area contributed by atoms with Crippen molar-refractivity contribution in [3.05, 3.63) is 98.7 Å². The van der Waals surface area contributed by atoms with Crippen molar-refractivity contribution in [1.29, 1.82) is 0 Å². The Bertz CT molecular complexity index is 1910. The fourth-order valence-corrected chi connectivity index (χ4v) is 6.08. The van der Waals surface area contributed by atoms with Crippen molar-refractivity contribution in [1.82, 2.24) is 20.2 Å². The molecule has 0 bridgehead atoms. The van der Waals surface area contributed by atoms with E-state index in [4.69, 9.17) is 4.74 Å². The maximum absolute atomic E-state index is 13.2. The number of pyridine rings is 1. The molecule has 2 aromatic heterocycles. The summed E-state index contributed by atoms with van der Waals surface area (Å²) in [5.74, 6) is -0.365. The highest BCUT2D eigenvalue weighted by Crippen LogP contribution is 2.36. The normalized spacial score (nSPS) is 15.1. The van der Waals surface area contributed by atoms with Crippen LogP contribution in [0.25, 0.3) is 22.8 Å². The second-order valence-corrected chi connectivity index (χ2v) is 11.5. The Balaban J connectivity index is 1.18. The number of aromatic amines is 2. The Morgan fingerprint density at radius 1 is 0.978 bits per heavy atom. The van der Waals surface area contributed by atoms with Gasteiger partial charge in [-0.05, 0) is 81.2 Å². The lowest BCUT2D eigenvalue weighted by molar-refractivity contribution is -0.110. The Hall–Kier alpha value is -5.42. The van der Waals surface area contributed by atoms with Gasteiger partial charge in [0.05, 0.1) is 23.9 Å². The van der Waals surface area contributed by atoms with Crippen LogP contribution in [0, 0.1) is 13.8 Å². The van der Waals surface area contributed by atoms with Crippen LogP contribution in [-0.2, 0) is 4.79 Å². The average Bonchev–Trinajstić information content (AvgIpc) is 3.75. The minimum atomic E-state index is -0.583. The number of hydrogen-bond donors (Lipinski definition) is 5. The first-order chi connectivity index (χ1) is 22.2. The number of hydrogen-bond acceptors (Lipinski definition) is 6. The smallest absolute Gasteiger partial charge is 0.261 e. The van der Waals surface area contributed by atoms with Crippen LogP contribution in [-0.4, -0.2) is 65.9 Å². The largest absolute Gasteiger partial charge is 0.497 e. The third-order valence-corrected chi connectivity index (χ3v) is 8.55. The molecule has 0 spiro atoms. The number of H-pyrrole nitrogens is 2. The summed E-state index contributed by atoms with van der Waals surface area (Å²) < 4.78 is 5.19. The zero-order chi connectivity index (χ0) is 32.4. The molecule has 2 aromatic carbocycles. The number of fused-ring (bicyclic) bond motifs is 1. The Kier molecular flexibility index (Phi) is 8.58. The zero-order valence-corrected chi connectivity index (χ0v) is 26.0. The second kappa shape index (κ2) is 12.9. The average molecular weight is 621 g/mol. The van der Waals surface area contributed by atoms with Crippen LogP contribution in [0.1, 0.15) is 56.1 Å². The number of carbonyl (C=O) groups is 3. The summed E-state index contributed by atoms with van der Waals surface area (Å²) in [6.45, 7) is 7.27. The number of aromatic nitrogens is 2. The molecule has 0 unspecified atom stereocenters. The third-order valence-electron chi connectivity index (χ3n) is 8.55. The highest BCUT2D eigenvalue weighted by molar-refractivity contribution is 6.35. The van der Waals surface area contributed by atoms with E-state index in [1.807, 2.05) is 13.8 Å². The molecule has 1 fully saturated rings. The summed E-state index contributed by atoms with van der Waals surface area (Å²) in [5.41, 5.74) is 5.30. The summed E-state index contributed by atoms with van der Waals surface area (Å²) in [4.78, 5) is 60.9. The molecule has 0 saturated carbocycles. The number of anilines is 2. The molecule has 6 rings (SSSR count). The van der Waals surface area contributed by atoms with E-state index in [1.165, 1.54) is 19.0 Å². The first-order valence-corrected chi connectivity index (χ1v) is 15.3. The quantitative estimate of drug-likeness (QED) is 0.173. The van der Waals surface area contributed by atoms with Crippen molar-refractivity contribution in [2.45, 2.75) is 26.7 Å². The lowest BCUT2D eigenvalue weighted by Crippen LogP contribution is -2.33. The van der Waals surface area contributed by atoms with E-state index in [0.717, 1.165) is 30.9 Å². The summed E-state index contributed by atoms with van der Waals surface area (Å²) in [6.07, 6.45) is 7.07. The number of nitrogens with one attached hydrogen (secondary N) is 5.